The molecule has 1 heterocycles. The van der Waals surface area contributed by atoms with Crippen LogP contribution in [-0.4, -0.2) is 37.1 Å². The first-order valence-electron chi connectivity index (χ1n) is 6.17. The Kier molecular flexibility index (Phi) is 3.68. The van der Waals surface area contributed by atoms with Crippen molar-refractivity contribution < 1.29 is 9.53 Å². The molecule has 1 aliphatic rings. The highest BCUT2D eigenvalue weighted by Crippen LogP contribution is 2.29. The lowest BCUT2D eigenvalue weighted by Gasteiger charge is -2.30. The fraction of sp³-hybridized carbons (Fsp3) is 0.500. The van der Waals surface area contributed by atoms with Crippen LogP contribution in [0.15, 0.2) is 30.3 Å². The molecule has 0 spiro atoms. The first-order valence-corrected chi connectivity index (χ1v) is 6.17. The van der Waals surface area contributed by atoms with Gasteiger partial charge in [0.05, 0.1) is 18.6 Å². The SMILES string of the molecule is CN(Cc1ccccc1)C(=O)C1(C)COCC1N. The van der Waals surface area contributed by atoms with E-state index in [1.54, 1.807) is 4.90 Å². The van der Waals surface area contributed by atoms with Crippen molar-refractivity contribution in [3.8, 4) is 0 Å². The maximum Gasteiger partial charge on any atom is 0.232 e. The molecule has 1 aliphatic heterocycles. The minimum atomic E-state index is -0.594. The molecule has 1 aromatic rings. The maximum atomic E-state index is 12.4. The Balaban J connectivity index is 2.05. The Morgan fingerprint density at radius 3 is 2.72 bits per heavy atom. The molecule has 98 valence electrons. The fourth-order valence-corrected chi connectivity index (χ4v) is 2.27. The molecular weight excluding hydrogens is 228 g/mol. The third-order valence-corrected chi connectivity index (χ3v) is 3.62. The van der Waals surface area contributed by atoms with Crippen molar-refractivity contribution >= 4 is 5.91 Å². The van der Waals surface area contributed by atoms with Gasteiger partial charge in [-0.3, -0.25) is 4.79 Å². The molecule has 1 amide bonds. The summed E-state index contributed by atoms with van der Waals surface area (Å²) >= 11 is 0. The zero-order chi connectivity index (χ0) is 13.2. The molecule has 0 aromatic heterocycles. The molecule has 4 nitrogen and oxygen atoms in total. The van der Waals surface area contributed by atoms with Crippen molar-refractivity contribution in [1.82, 2.24) is 4.90 Å². The Morgan fingerprint density at radius 2 is 2.17 bits per heavy atom. The molecule has 4 heteroatoms. The Bertz CT molecular complexity index is 421. The van der Waals surface area contributed by atoms with Crippen molar-refractivity contribution in [3.05, 3.63) is 35.9 Å². The van der Waals surface area contributed by atoms with Crippen LogP contribution >= 0.6 is 0 Å². The van der Waals surface area contributed by atoms with Gasteiger partial charge in [-0.1, -0.05) is 30.3 Å². The molecule has 2 unspecified atom stereocenters. The first kappa shape index (κ1) is 13.1. The summed E-state index contributed by atoms with van der Waals surface area (Å²) in [7, 11) is 1.81. The molecule has 1 aromatic carbocycles. The quantitative estimate of drug-likeness (QED) is 0.868. The number of hydrogen-bond donors (Lipinski definition) is 1. The second-order valence-electron chi connectivity index (χ2n) is 5.19. The second-order valence-corrected chi connectivity index (χ2v) is 5.19. The third-order valence-electron chi connectivity index (χ3n) is 3.62. The molecule has 0 bridgehead atoms. The number of amides is 1. The largest absolute Gasteiger partial charge is 0.379 e. The summed E-state index contributed by atoms with van der Waals surface area (Å²) in [6, 6.07) is 9.71. The number of carbonyl (C=O) groups excluding carboxylic acids is 1. The van der Waals surface area contributed by atoms with E-state index in [4.69, 9.17) is 10.5 Å². The summed E-state index contributed by atoms with van der Waals surface area (Å²) < 4.78 is 5.32. The van der Waals surface area contributed by atoms with Crippen molar-refractivity contribution in [1.29, 1.82) is 0 Å². The van der Waals surface area contributed by atoms with E-state index in [2.05, 4.69) is 0 Å². The van der Waals surface area contributed by atoms with Crippen LogP contribution < -0.4 is 5.73 Å². The van der Waals surface area contributed by atoms with E-state index in [-0.39, 0.29) is 11.9 Å². The van der Waals surface area contributed by atoms with Gasteiger partial charge < -0.3 is 15.4 Å². The summed E-state index contributed by atoms with van der Waals surface area (Å²) in [6.45, 7) is 3.35. The number of carbonyl (C=O) groups is 1. The average Bonchev–Trinajstić information content (AvgIpc) is 2.71. The lowest BCUT2D eigenvalue weighted by Crippen LogP contribution is -2.50. The molecule has 0 saturated carbocycles. The highest BCUT2D eigenvalue weighted by molar-refractivity contribution is 5.83. The van der Waals surface area contributed by atoms with Gasteiger partial charge in [0.25, 0.3) is 0 Å². The molecule has 18 heavy (non-hydrogen) atoms. The molecule has 2 N–H and O–H groups in total. The topological polar surface area (TPSA) is 55.6 Å². The van der Waals surface area contributed by atoms with Crippen molar-refractivity contribution in [2.45, 2.75) is 19.5 Å². The van der Waals surface area contributed by atoms with Crippen molar-refractivity contribution in [3.63, 3.8) is 0 Å². The zero-order valence-corrected chi connectivity index (χ0v) is 10.9. The smallest absolute Gasteiger partial charge is 0.232 e. The van der Waals surface area contributed by atoms with E-state index in [1.807, 2.05) is 44.3 Å². The number of nitrogens with two attached hydrogens (primary N) is 1. The minimum absolute atomic E-state index is 0.0522. The van der Waals surface area contributed by atoms with Gasteiger partial charge in [0.1, 0.15) is 0 Å². The van der Waals surface area contributed by atoms with Crippen molar-refractivity contribution in [2.75, 3.05) is 20.3 Å². The van der Waals surface area contributed by atoms with Crippen LogP contribution in [-0.2, 0) is 16.1 Å². The Morgan fingerprint density at radius 1 is 1.50 bits per heavy atom. The van der Waals surface area contributed by atoms with Gasteiger partial charge in [0.15, 0.2) is 0 Å². The summed E-state index contributed by atoms with van der Waals surface area (Å²) in [6.07, 6.45) is 0. The monoisotopic (exact) mass is 248 g/mol. The molecule has 0 radical (unpaired) electrons. The lowest BCUT2D eigenvalue weighted by molar-refractivity contribution is -0.140. The van der Waals surface area contributed by atoms with Gasteiger partial charge >= 0.3 is 0 Å². The molecular formula is C14H20N2O2. The number of rotatable bonds is 3. The van der Waals surface area contributed by atoms with Crippen LogP contribution in [0.4, 0.5) is 0 Å². The number of ether oxygens (including phenoxy) is 1. The highest BCUT2D eigenvalue weighted by atomic mass is 16.5. The number of nitrogens with zero attached hydrogens (tertiary/aromatic N) is 1. The standard InChI is InChI=1S/C14H20N2O2/c1-14(10-18-9-12(14)15)13(17)16(2)8-11-6-4-3-5-7-11/h3-7,12H,8-10,15H2,1-2H3. The van der Waals surface area contributed by atoms with E-state index in [0.717, 1.165) is 5.56 Å². The molecule has 0 aliphatic carbocycles. The van der Waals surface area contributed by atoms with E-state index < -0.39 is 5.41 Å². The lowest BCUT2D eigenvalue weighted by atomic mass is 9.84. The normalized spacial score (nSPS) is 27.2. The molecule has 2 atom stereocenters. The summed E-state index contributed by atoms with van der Waals surface area (Å²) in [5.41, 5.74) is 6.49. The van der Waals surface area contributed by atoms with Crippen LogP contribution in [0.5, 0.6) is 0 Å². The summed E-state index contributed by atoms with van der Waals surface area (Å²) in [5.74, 6) is 0.0522. The Hall–Kier alpha value is -1.39. The van der Waals surface area contributed by atoms with E-state index >= 15 is 0 Å². The maximum absolute atomic E-state index is 12.4. The predicted octanol–water partition coefficient (Wildman–Crippen LogP) is 1.01. The Labute approximate surface area is 108 Å². The van der Waals surface area contributed by atoms with Crippen LogP contribution in [0, 0.1) is 5.41 Å². The van der Waals surface area contributed by atoms with E-state index in [1.165, 1.54) is 0 Å². The second kappa shape index (κ2) is 5.08. The highest BCUT2D eigenvalue weighted by Gasteiger charge is 2.45. The fourth-order valence-electron chi connectivity index (χ4n) is 2.27. The molecule has 1 saturated heterocycles. The van der Waals surface area contributed by atoms with Gasteiger partial charge in [-0.2, -0.15) is 0 Å². The predicted molar refractivity (Wildman–Crippen MR) is 69.8 cm³/mol. The molecule has 2 rings (SSSR count). The minimum Gasteiger partial charge on any atom is -0.379 e. The van der Waals surface area contributed by atoms with E-state index in [9.17, 15) is 4.79 Å². The first-order chi connectivity index (χ1) is 8.54. The third kappa shape index (κ3) is 2.40. The molecule has 1 fully saturated rings. The average molecular weight is 248 g/mol. The summed E-state index contributed by atoms with van der Waals surface area (Å²) in [4.78, 5) is 14.2. The van der Waals surface area contributed by atoms with Gasteiger partial charge in [0.2, 0.25) is 5.91 Å². The van der Waals surface area contributed by atoms with Gasteiger partial charge in [-0.25, -0.2) is 0 Å². The van der Waals surface area contributed by atoms with Crippen molar-refractivity contribution in [2.24, 2.45) is 11.1 Å². The van der Waals surface area contributed by atoms with Crippen LogP contribution in [0.25, 0.3) is 0 Å². The van der Waals surface area contributed by atoms with Crippen LogP contribution in [0.1, 0.15) is 12.5 Å². The van der Waals surface area contributed by atoms with Gasteiger partial charge in [0, 0.05) is 19.6 Å². The summed E-state index contributed by atoms with van der Waals surface area (Å²) in [5, 5.41) is 0. The zero-order valence-electron chi connectivity index (χ0n) is 10.9. The van der Waals surface area contributed by atoms with Gasteiger partial charge in [-0.05, 0) is 12.5 Å². The van der Waals surface area contributed by atoms with Crippen LogP contribution in [0.2, 0.25) is 0 Å². The van der Waals surface area contributed by atoms with Gasteiger partial charge in [-0.15, -0.1) is 0 Å². The van der Waals surface area contributed by atoms with E-state index in [0.29, 0.717) is 19.8 Å². The number of benzene rings is 1. The van der Waals surface area contributed by atoms with Crippen LogP contribution in [0.3, 0.4) is 0 Å². The number of hydrogen-bond acceptors (Lipinski definition) is 3.